The molecule has 0 aliphatic carbocycles. The van der Waals surface area contributed by atoms with Crippen molar-refractivity contribution < 1.29 is 0 Å². The molecule has 70 valence electrons. The first-order valence-corrected chi connectivity index (χ1v) is 3.69. The summed E-state index contributed by atoms with van der Waals surface area (Å²) in [5, 5.41) is 3.37. The van der Waals surface area contributed by atoms with Gasteiger partial charge in [0.1, 0.15) is 5.82 Å². The molecule has 3 nitrogen and oxygen atoms in total. The molecule has 1 aliphatic rings. The lowest BCUT2D eigenvalue weighted by molar-refractivity contribution is 0.612. The molecule has 5 heteroatoms. The van der Waals surface area contributed by atoms with Crippen molar-refractivity contribution in [3.8, 4) is 0 Å². The smallest absolute Gasteiger partial charge is 0.123 e. The zero-order valence-corrected chi connectivity index (χ0v) is 8.25. The van der Waals surface area contributed by atoms with Crippen LogP contribution in [0.2, 0.25) is 0 Å². The minimum absolute atomic E-state index is 0. The Balaban J connectivity index is 0.000000605. The Kier molecular flexibility index (Phi) is 5.29. The van der Waals surface area contributed by atoms with Crippen LogP contribution in [-0.4, -0.2) is 16.5 Å². The molecule has 12 heavy (non-hydrogen) atoms. The molecule has 2 N–H and O–H groups in total. The lowest BCUT2D eigenvalue weighted by Crippen LogP contribution is -2.13. The Labute approximate surface area is 84.2 Å². The summed E-state index contributed by atoms with van der Waals surface area (Å²) in [5.74, 6) is 1.08. The summed E-state index contributed by atoms with van der Waals surface area (Å²) in [4.78, 5) is 7.29. The molecule has 1 fully saturated rings. The third-order valence-corrected chi connectivity index (χ3v) is 1.91. The van der Waals surface area contributed by atoms with Gasteiger partial charge in [0, 0.05) is 12.4 Å². The Bertz CT molecular complexity index is 194. The van der Waals surface area contributed by atoms with Crippen molar-refractivity contribution in [2.45, 2.75) is 18.9 Å². The average Bonchev–Trinajstić information content (AvgIpc) is 2.59. The highest BCUT2D eigenvalue weighted by atomic mass is 35.5. The second-order valence-electron chi connectivity index (χ2n) is 2.62. The van der Waals surface area contributed by atoms with Crippen molar-refractivity contribution in [1.82, 2.24) is 15.3 Å². The molecule has 0 bridgehead atoms. The standard InChI is InChI=1S/C7H11N3.2ClH/c1-2-6(8-3-1)7-9-4-5-10-7;;/h4-6,8H,1-3H2,(H,9,10);2*1H. The molecule has 1 atom stereocenters. The topological polar surface area (TPSA) is 40.7 Å². The predicted molar refractivity (Wildman–Crippen MR) is 53.1 cm³/mol. The lowest BCUT2D eigenvalue weighted by atomic mass is 10.2. The Hall–Kier alpha value is -0.250. The molecule has 0 amide bonds. The van der Waals surface area contributed by atoms with Crippen LogP contribution < -0.4 is 5.32 Å². The first-order chi connectivity index (χ1) is 4.97. The number of halogens is 2. The second-order valence-corrected chi connectivity index (χ2v) is 2.62. The first kappa shape index (κ1) is 11.8. The quantitative estimate of drug-likeness (QED) is 0.740. The molecular weight excluding hydrogens is 197 g/mol. The lowest BCUT2D eigenvalue weighted by Gasteiger charge is -2.04. The van der Waals surface area contributed by atoms with Crippen LogP contribution in [0.25, 0.3) is 0 Å². The zero-order valence-electron chi connectivity index (χ0n) is 6.62. The molecule has 0 spiro atoms. The summed E-state index contributed by atoms with van der Waals surface area (Å²) in [7, 11) is 0. The highest BCUT2D eigenvalue weighted by Crippen LogP contribution is 2.18. The van der Waals surface area contributed by atoms with Crippen LogP contribution in [0.5, 0.6) is 0 Å². The SMILES string of the molecule is Cl.Cl.c1c[nH]c(C2CCCN2)n1. The maximum atomic E-state index is 4.18. The number of imidazole rings is 1. The van der Waals surface area contributed by atoms with Gasteiger partial charge in [-0.15, -0.1) is 24.8 Å². The molecule has 1 aromatic rings. The van der Waals surface area contributed by atoms with E-state index in [1.807, 2.05) is 6.20 Å². The van der Waals surface area contributed by atoms with Gasteiger partial charge >= 0.3 is 0 Å². The van der Waals surface area contributed by atoms with Gasteiger partial charge in [-0.05, 0) is 19.4 Å². The van der Waals surface area contributed by atoms with Crippen LogP contribution >= 0.6 is 24.8 Å². The van der Waals surface area contributed by atoms with Crippen LogP contribution in [0.15, 0.2) is 12.4 Å². The second kappa shape index (κ2) is 5.41. The minimum Gasteiger partial charge on any atom is -0.347 e. The van der Waals surface area contributed by atoms with E-state index in [0.717, 1.165) is 12.4 Å². The third kappa shape index (κ3) is 2.37. The molecule has 2 rings (SSSR count). The summed E-state index contributed by atoms with van der Waals surface area (Å²) >= 11 is 0. The summed E-state index contributed by atoms with van der Waals surface area (Å²) < 4.78 is 0. The highest BCUT2D eigenvalue weighted by molar-refractivity contribution is 5.85. The Morgan fingerprint density at radius 2 is 2.25 bits per heavy atom. The fourth-order valence-corrected chi connectivity index (χ4v) is 1.39. The zero-order chi connectivity index (χ0) is 6.81. The Morgan fingerprint density at radius 1 is 1.42 bits per heavy atom. The molecule has 0 radical (unpaired) electrons. The number of H-pyrrole nitrogens is 1. The third-order valence-electron chi connectivity index (χ3n) is 1.91. The van der Waals surface area contributed by atoms with E-state index in [4.69, 9.17) is 0 Å². The molecule has 1 aliphatic heterocycles. The number of rotatable bonds is 1. The van der Waals surface area contributed by atoms with Crippen molar-refractivity contribution in [2.75, 3.05) is 6.54 Å². The van der Waals surface area contributed by atoms with E-state index < -0.39 is 0 Å². The van der Waals surface area contributed by atoms with Crippen LogP contribution in [0.1, 0.15) is 24.7 Å². The van der Waals surface area contributed by atoms with Gasteiger partial charge in [-0.2, -0.15) is 0 Å². The minimum atomic E-state index is 0. The number of hydrogen-bond acceptors (Lipinski definition) is 2. The number of aromatic nitrogens is 2. The van der Waals surface area contributed by atoms with Crippen molar-refractivity contribution in [3.05, 3.63) is 18.2 Å². The van der Waals surface area contributed by atoms with E-state index >= 15 is 0 Å². The molecule has 1 unspecified atom stereocenters. The van der Waals surface area contributed by atoms with E-state index in [9.17, 15) is 0 Å². The van der Waals surface area contributed by atoms with Gasteiger partial charge in [0.25, 0.3) is 0 Å². The number of nitrogens with zero attached hydrogens (tertiary/aromatic N) is 1. The summed E-state index contributed by atoms with van der Waals surface area (Å²) in [6.45, 7) is 1.13. The molecule has 2 heterocycles. The molecule has 0 saturated carbocycles. The highest BCUT2D eigenvalue weighted by Gasteiger charge is 2.17. The fourth-order valence-electron chi connectivity index (χ4n) is 1.39. The summed E-state index contributed by atoms with van der Waals surface area (Å²) in [5.41, 5.74) is 0. The predicted octanol–water partition coefficient (Wildman–Crippen LogP) is 1.68. The summed E-state index contributed by atoms with van der Waals surface area (Å²) in [6.07, 6.45) is 6.16. The molecule has 0 aromatic carbocycles. The van der Waals surface area contributed by atoms with Gasteiger partial charge in [-0.3, -0.25) is 0 Å². The van der Waals surface area contributed by atoms with Crippen molar-refractivity contribution in [2.24, 2.45) is 0 Å². The van der Waals surface area contributed by atoms with Gasteiger partial charge in [-0.25, -0.2) is 4.98 Å². The summed E-state index contributed by atoms with van der Waals surface area (Å²) in [6, 6.07) is 0.481. The van der Waals surface area contributed by atoms with Crippen LogP contribution in [-0.2, 0) is 0 Å². The fraction of sp³-hybridized carbons (Fsp3) is 0.571. The van der Waals surface area contributed by atoms with Crippen molar-refractivity contribution >= 4 is 24.8 Å². The van der Waals surface area contributed by atoms with Gasteiger partial charge in [-0.1, -0.05) is 0 Å². The monoisotopic (exact) mass is 209 g/mol. The van der Waals surface area contributed by atoms with E-state index in [2.05, 4.69) is 15.3 Å². The van der Waals surface area contributed by atoms with Gasteiger partial charge in [0.2, 0.25) is 0 Å². The van der Waals surface area contributed by atoms with Crippen molar-refractivity contribution in [1.29, 1.82) is 0 Å². The van der Waals surface area contributed by atoms with Crippen LogP contribution in [0.3, 0.4) is 0 Å². The van der Waals surface area contributed by atoms with Crippen LogP contribution in [0, 0.1) is 0 Å². The van der Waals surface area contributed by atoms with Crippen LogP contribution in [0.4, 0.5) is 0 Å². The normalized spacial score (nSPS) is 21.2. The average molecular weight is 210 g/mol. The van der Waals surface area contributed by atoms with E-state index in [-0.39, 0.29) is 24.8 Å². The van der Waals surface area contributed by atoms with E-state index in [1.54, 1.807) is 6.20 Å². The number of nitrogens with one attached hydrogen (secondary N) is 2. The maximum Gasteiger partial charge on any atom is 0.123 e. The maximum absolute atomic E-state index is 4.18. The van der Waals surface area contributed by atoms with Crippen molar-refractivity contribution in [3.63, 3.8) is 0 Å². The number of hydrogen-bond donors (Lipinski definition) is 2. The van der Waals surface area contributed by atoms with Gasteiger partial charge in [0.05, 0.1) is 6.04 Å². The van der Waals surface area contributed by atoms with Gasteiger partial charge in [0.15, 0.2) is 0 Å². The molecule has 1 saturated heterocycles. The van der Waals surface area contributed by atoms with Gasteiger partial charge < -0.3 is 10.3 Å². The molecule has 1 aromatic heterocycles. The largest absolute Gasteiger partial charge is 0.347 e. The van der Waals surface area contributed by atoms with E-state index in [0.29, 0.717) is 6.04 Å². The Morgan fingerprint density at radius 3 is 2.75 bits per heavy atom. The number of aromatic amines is 1. The van der Waals surface area contributed by atoms with E-state index in [1.165, 1.54) is 12.8 Å². The molecular formula is C7H13Cl2N3. The first-order valence-electron chi connectivity index (χ1n) is 3.69.